The third kappa shape index (κ3) is 2.58. The summed E-state index contributed by atoms with van der Waals surface area (Å²) in [6, 6.07) is 8.66. The van der Waals surface area contributed by atoms with E-state index in [-0.39, 0.29) is 0 Å². The van der Waals surface area contributed by atoms with Gasteiger partial charge in [-0.3, -0.25) is 4.98 Å². The van der Waals surface area contributed by atoms with Crippen molar-refractivity contribution in [2.45, 2.75) is 39.2 Å². The van der Waals surface area contributed by atoms with Crippen molar-refractivity contribution in [1.82, 2.24) is 4.98 Å². The lowest BCUT2D eigenvalue weighted by molar-refractivity contribution is 0.281. The fourth-order valence-electron chi connectivity index (χ4n) is 3.61. The van der Waals surface area contributed by atoms with Crippen LogP contribution in [0.3, 0.4) is 0 Å². The lowest BCUT2D eigenvalue weighted by Crippen LogP contribution is -2.30. The highest BCUT2D eigenvalue weighted by molar-refractivity contribution is 5.98. The monoisotopic (exact) mass is 269 g/mol. The highest BCUT2D eigenvalue weighted by Gasteiger charge is 2.24. The average Bonchev–Trinajstić information content (AvgIpc) is 2.41. The standard InChI is InChI=1S/C17H23N3/c1-11-8-12(2)10-13(9-11)20-16-6-5-15(18)17-14(16)4-3-7-19-17/h3-7,11-13,20H,8-10,18H2,1-2H3. The van der Waals surface area contributed by atoms with Crippen molar-refractivity contribution in [3.8, 4) is 0 Å². The molecule has 3 rings (SSSR count). The van der Waals surface area contributed by atoms with Gasteiger partial charge in [-0.25, -0.2) is 0 Å². The Morgan fingerprint density at radius 2 is 1.85 bits per heavy atom. The minimum absolute atomic E-state index is 0.556. The molecule has 0 amide bonds. The topological polar surface area (TPSA) is 50.9 Å². The van der Waals surface area contributed by atoms with Gasteiger partial charge in [-0.1, -0.05) is 13.8 Å². The molecule has 3 N–H and O–H groups in total. The maximum absolute atomic E-state index is 6.01. The molecule has 0 radical (unpaired) electrons. The Morgan fingerprint density at radius 1 is 1.10 bits per heavy atom. The van der Waals surface area contributed by atoms with E-state index in [2.05, 4.69) is 36.3 Å². The van der Waals surface area contributed by atoms with Crippen molar-refractivity contribution >= 4 is 22.3 Å². The van der Waals surface area contributed by atoms with E-state index in [0.717, 1.165) is 34.1 Å². The first-order valence-electron chi connectivity index (χ1n) is 7.53. The van der Waals surface area contributed by atoms with Crippen molar-refractivity contribution < 1.29 is 0 Å². The molecule has 0 aliphatic heterocycles. The summed E-state index contributed by atoms with van der Waals surface area (Å²) < 4.78 is 0. The fourth-order valence-corrected chi connectivity index (χ4v) is 3.61. The predicted octanol–water partition coefficient (Wildman–Crippen LogP) is 4.05. The van der Waals surface area contributed by atoms with E-state index in [4.69, 9.17) is 5.73 Å². The van der Waals surface area contributed by atoms with Crippen LogP contribution in [0.15, 0.2) is 30.5 Å². The Balaban J connectivity index is 1.89. The average molecular weight is 269 g/mol. The van der Waals surface area contributed by atoms with Crippen molar-refractivity contribution in [2.24, 2.45) is 11.8 Å². The Hall–Kier alpha value is -1.77. The molecule has 106 valence electrons. The first-order chi connectivity index (χ1) is 9.63. The highest BCUT2D eigenvalue weighted by Crippen LogP contribution is 2.33. The number of benzene rings is 1. The minimum atomic E-state index is 0.556. The van der Waals surface area contributed by atoms with E-state index in [0.29, 0.717) is 6.04 Å². The van der Waals surface area contributed by atoms with Gasteiger partial charge in [0, 0.05) is 23.3 Å². The largest absolute Gasteiger partial charge is 0.397 e. The number of anilines is 2. The summed E-state index contributed by atoms with van der Waals surface area (Å²) >= 11 is 0. The minimum Gasteiger partial charge on any atom is -0.397 e. The van der Waals surface area contributed by atoms with Crippen LogP contribution in [0.1, 0.15) is 33.1 Å². The molecular weight excluding hydrogens is 246 g/mol. The summed E-state index contributed by atoms with van der Waals surface area (Å²) in [4.78, 5) is 4.40. The number of nitrogens with zero attached hydrogens (tertiary/aromatic N) is 1. The molecule has 3 heteroatoms. The zero-order chi connectivity index (χ0) is 14.1. The van der Waals surface area contributed by atoms with Crippen LogP contribution in [-0.2, 0) is 0 Å². The molecule has 0 spiro atoms. The predicted molar refractivity (Wildman–Crippen MR) is 85.7 cm³/mol. The van der Waals surface area contributed by atoms with Crippen molar-refractivity contribution in [3.05, 3.63) is 30.5 Å². The molecule has 1 aliphatic carbocycles. The zero-order valence-corrected chi connectivity index (χ0v) is 12.3. The summed E-state index contributed by atoms with van der Waals surface area (Å²) in [6.45, 7) is 4.71. The van der Waals surface area contributed by atoms with Gasteiger partial charge in [0.25, 0.3) is 0 Å². The number of hydrogen-bond donors (Lipinski definition) is 2. The third-order valence-electron chi connectivity index (χ3n) is 4.34. The van der Waals surface area contributed by atoms with Gasteiger partial charge in [-0.05, 0) is 55.4 Å². The number of rotatable bonds is 2. The molecule has 0 saturated heterocycles. The normalized spacial score (nSPS) is 26.6. The van der Waals surface area contributed by atoms with Gasteiger partial charge in [0.1, 0.15) is 0 Å². The van der Waals surface area contributed by atoms with Gasteiger partial charge in [0.05, 0.1) is 11.2 Å². The van der Waals surface area contributed by atoms with Crippen LogP contribution in [0.25, 0.3) is 10.9 Å². The van der Waals surface area contributed by atoms with Crippen LogP contribution in [0.5, 0.6) is 0 Å². The molecule has 20 heavy (non-hydrogen) atoms. The van der Waals surface area contributed by atoms with Crippen LogP contribution in [0, 0.1) is 11.8 Å². The van der Waals surface area contributed by atoms with E-state index in [1.54, 1.807) is 6.20 Å². The van der Waals surface area contributed by atoms with Crippen LogP contribution in [0.2, 0.25) is 0 Å². The SMILES string of the molecule is CC1CC(C)CC(Nc2ccc(N)c3ncccc23)C1. The number of nitrogen functional groups attached to an aromatic ring is 1. The van der Waals surface area contributed by atoms with Gasteiger partial charge in [-0.2, -0.15) is 0 Å². The molecular formula is C17H23N3. The second-order valence-corrected chi connectivity index (χ2v) is 6.36. The zero-order valence-electron chi connectivity index (χ0n) is 12.3. The lowest BCUT2D eigenvalue weighted by Gasteiger charge is -2.33. The maximum atomic E-state index is 6.01. The van der Waals surface area contributed by atoms with Crippen LogP contribution in [0.4, 0.5) is 11.4 Å². The van der Waals surface area contributed by atoms with Crippen molar-refractivity contribution in [1.29, 1.82) is 0 Å². The van der Waals surface area contributed by atoms with Crippen molar-refractivity contribution in [3.63, 3.8) is 0 Å². The highest BCUT2D eigenvalue weighted by atomic mass is 14.9. The molecule has 1 heterocycles. The summed E-state index contributed by atoms with van der Waals surface area (Å²) in [5, 5.41) is 4.84. The molecule has 2 unspecified atom stereocenters. The molecule has 0 bridgehead atoms. The Kier molecular flexibility index (Phi) is 3.51. The molecule has 2 atom stereocenters. The smallest absolute Gasteiger partial charge is 0.0951 e. The summed E-state index contributed by atoms with van der Waals surface area (Å²) in [7, 11) is 0. The number of hydrogen-bond acceptors (Lipinski definition) is 3. The summed E-state index contributed by atoms with van der Waals surface area (Å²) in [5.41, 5.74) is 8.82. The molecule has 1 aromatic heterocycles. The number of pyridine rings is 1. The molecule has 1 saturated carbocycles. The Labute approximate surface area is 120 Å². The number of nitrogens with two attached hydrogens (primary N) is 1. The molecule has 1 aliphatic rings. The van der Waals surface area contributed by atoms with E-state index in [1.807, 2.05) is 12.1 Å². The van der Waals surface area contributed by atoms with Gasteiger partial charge >= 0.3 is 0 Å². The molecule has 2 aromatic rings. The van der Waals surface area contributed by atoms with Gasteiger partial charge in [0.15, 0.2) is 0 Å². The van der Waals surface area contributed by atoms with Crippen LogP contribution < -0.4 is 11.1 Å². The maximum Gasteiger partial charge on any atom is 0.0951 e. The second kappa shape index (κ2) is 5.31. The number of fused-ring (bicyclic) bond motifs is 1. The van der Waals surface area contributed by atoms with E-state index < -0.39 is 0 Å². The number of aromatic nitrogens is 1. The first kappa shape index (κ1) is 13.2. The van der Waals surface area contributed by atoms with E-state index in [9.17, 15) is 0 Å². The molecule has 1 aromatic carbocycles. The van der Waals surface area contributed by atoms with Crippen LogP contribution >= 0.6 is 0 Å². The van der Waals surface area contributed by atoms with Gasteiger partial charge < -0.3 is 11.1 Å². The quantitative estimate of drug-likeness (QED) is 0.808. The first-order valence-corrected chi connectivity index (χ1v) is 7.53. The van der Waals surface area contributed by atoms with E-state index >= 15 is 0 Å². The lowest BCUT2D eigenvalue weighted by atomic mass is 9.80. The van der Waals surface area contributed by atoms with Gasteiger partial charge in [-0.15, -0.1) is 0 Å². The fraction of sp³-hybridized carbons (Fsp3) is 0.471. The molecule has 3 nitrogen and oxygen atoms in total. The Bertz CT molecular complexity index is 598. The summed E-state index contributed by atoms with van der Waals surface area (Å²) in [6.07, 6.45) is 5.64. The molecule has 1 fully saturated rings. The Morgan fingerprint density at radius 3 is 2.60 bits per heavy atom. The number of nitrogens with one attached hydrogen (secondary N) is 1. The third-order valence-corrected chi connectivity index (χ3v) is 4.34. The van der Waals surface area contributed by atoms with Crippen LogP contribution in [-0.4, -0.2) is 11.0 Å². The second-order valence-electron chi connectivity index (χ2n) is 6.36. The van der Waals surface area contributed by atoms with E-state index in [1.165, 1.54) is 19.3 Å². The van der Waals surface area contributed by atoms with Crippen molar-refractivity contribution in [2.75, 3.05) is 11.1 Å². The van der Waals surface area contributed by atoms with Gasteiger partial charge in [0.2, 0.25) is 0 Å². The summed E-state index contributed by atoms with van der Waals surface area (Å²) in [5.74, 6) is 1.60.